The van der Waals surface area contributed by atoms with Gasteiger partial charge in [0.1, 0.15) is 0 Å². The second kappa shape index (κ2) is 2.48. The Kier molecular flexibility index (Phi) is 1.47. The van der Waals surface area contributed by atoms with Crippen LogP contribution in [0.5, 0.6) is 0 Å². The van der Waals surface area contributed by atoms with Crippen LogP contribution in [0.1, 0.15) is 0 Å². The number of hydrogen-bond acceptors (Lipinski definition) is 0. The molecule has 0 saturated heterocycles. The van der Waals surface area contributed by atoms with Crippen molar-refractivity contribution >= 4 is 17.2 Å². The molecular formula is C10H11N2+. The molecule has 0 atom stereocenters. The van der Waals surface area contributed by atoms with E-state index in [1.54, 1.807) is 0 Å². The van der Waals surface area contributed by atoms with Gasteiger partial charge in [0, 0.05) is 0 Å². The molecule has 0 bridgehead atoms. The van der Waals surface area contributed by atoms with Crippen molar-refractivity contribution < 1.29 is 4.57 Å². The molecule has 0 N–H and O–H groups in total. The molecule has 0 aliphatic rings. The summed E-state index contributed by atoms with van der Waals surface area (Å²) in [6.45, 7) is 3.74. The highest BCUT2D eigenvalue weighted by Crippen LogP contribution is 2.09. The topological polar surface area (TPSA) is 8.81 Å². The van der Waals surface area contributed by atoms with Crippen LogP contribution in [-0.2, 0) is 7.05 Å². The molecule has 2 aromatic rings. The number of nitrogens with zero attached hydrogens (tertiary/aromatic N) is 2. The van der Waals surface area contributed by atoms with E-state index in [4.69, 9.17) is 0 Å². The summed E-state index contributed by atoms with van der Waals surface area (Å²) in [4.78, 5) is 0. The van der Waals surface area contributed by atoms with Gasteiger partial charge in [-0.2, -0.15) is 0 Å². The van der Waals surface area contributed by atoms with Crippen LogP contribution in [0.15, 0.2) is 37.2 Å². The number of aryl methyl sites for hydroxylation is 1. The Bertz CT molecular complexity index is 426. The van der Waals surface area contributed by atoms with Crippen LogP contribution in [0.25, 0.3) is 17.2 Å². The van der Waals surface area contributed by atoms with Crippen molar-refractivity contribution in [1.82, 2.24) is 4.57 Å². The Labute approximate surface area is 71.4 Å². The van der Waals surface area contributed by atoms with Crippen molar-refractivity contribution in [2.45, 2.75) is 0 Å². The van der Waals surface area contributed by atoms with E-state index in [9.17, 15) is 0 Å². The van der Waals surface area contributed by atoms with E-state index < -0.39 is 0 Å². The number of hydrogen-bond donors (Lipinski definition) is 0. The van der Waals surface area contributed by atoms with Gasteiger partial charge in [0.2, 0.25) is 6.33 Å². The fourth-order valence-corrected chi connectivity index (χ4v) is 1.44. The average molecular weight is 159 g/mol. The minimum absolute atomic E-state index is 1.19. The fraction of sp³-hybridized carbons (Fsp3) is 0.100. The monoisotopic (exact) mass is 159 g/mol. The summed E-state index contributed by atoms with van der Waals surface area (Å²) >= 11 is 0. The van der Waals surface area contributed by atoms with Gasteiger partial charge < -0.3 is 0 Å². The largest absolute Gasteiger partial charge is 0.249 e. The Hall–Kier alpha value is -1.57. The van der Waals surface area contributed by atoms with E-state index in [0.717, 1.165) is 0 Å². The SMILES string of the molecule is C=Cn1c[n+](C)c2ccccc21. The number of rotatable bonds is 1. The van der Waals surface area contributed by atoms with Crippen molar-refractivity contribution in [3.8, 4) is 0 Å². The van der Waals surface area contributed by atoms with Crippen LogP contribution in [0, 0.1) is 0 Å². The fourth-order valence-electron chi connectivity index (χ4n) is 1.44. The van der Waals surface area contributed by atoms with Gasteiger partial charge in [0.15, 0.2) is 11.0 Å². The molecule has 0 aliphatic heterocycles. The lowest BCUT2D eigenvalue weighted by Crippen LogP contribution is -2.25. The van der Waals surface area contributed by atoms with Crippen molar-refractivity contribution in [1.29, 1.82) is 0 Å². The van der Waals surface area contributed by atoms with Crippen molar-refractivity contribution in [3.05, 3.63) is 37.2 Å². The summed E-state index contributed by atoms with van der Waals surface area (Å²) in [6.07, 6.45) is 3.82. The highest BCUT2D eigenvalue weighted by molar-refractivity contribution is 5.73. The van der Waals surface area contributed by atoms with Gasteiger partial charge in [0.25, 0.3) is 0 Å². The summed E-state index contributed by atoms with van der Waals surface area (Å²) < 4.78 is 4.09. The number of fused-ring (bicyclic) bond motifs is 1. The average Bonchev–Trinajstić information content (AvgIpc) is 2.44. The molecule has 0 aliphatic carbocycles. The maximum Gasteiger partial charge on any atom is 0.249 e. The van der Waals surface area contributed by atoms with Gasteiger partial charge in [-0.3, -0.25) is 0 Å². The zero-order chi connectivity index (χ0) is 8.55. The number of imidazole rings is 1. The molecule has 1 heterocycles. The first-order valence-electron chi connectivity index (χ1n) is 3.90. The quantitative estimate of drug-likeness (QED) is 0.558. The summed E-state index contributed by atoms with van der Waals surface area (Å²) in [6, 6.07) is 8.24. The van der Waals surface area contributed by atoms with Crippen LogP contribution < -0.4 is 4.57 Å². The van der Waals surface area contributed by atoms with Crippen LogP contribution in [0.3, 0.4) is 0 Å². The van der Waals surface area contributed by atoms with Crippen LogP contribution in [0.2, 0.25) is 0 Å². The first-order chi connectivity index (χ1) is 5.83. The third-order valence-corrected chi connectivity index (χ3v) is 2.03. The molecule has 2 heteroatoms. The zero-order valence-electron chi connectivity index (χ0n) is 7.07. The summed E-state index contributed by atoms with van der Waals surface area (Å²) in [5.41, 5.74) is 2.41. The molecule has 0 amide bonds. The molecule has 0 spiro atoms. The number of benzene rings is 1. The van der Waals surface area contributed by atoms with E-state index in [2.05, 4.69) is 23.3 Å². The zero-order valence-corrected chi connectivity index (χ0v) is 7.07. The minimum atomic E-state index is 1.19. The van der Waals surface area contributed by atoms with Crippen LogP contribution in [0.4, 0.5) is 0 Å². The molecule has 2 rings (SSSR count). The minimum Gasteiger partial charge on any atom is -0.232 e. The highest BCUT2D eigenvalue weighted by atomic mass is 15.1. The summed E-state index contributed by atoms with van der Waals surface area (Å²) in [5, 5.41) is 0. The smallest absolute Gasteiger partial charge is 0.232 e. The Balaban J connectivity index is 2.91. The Morgan fingerprint density at radius 2 is 2.17 bits per heavy atom. The van der Waals surface area contributed by atoms with Gasteiger partial charge in [-0.25, -0.2) is 9.13 Å². The molecule has 0 radical (unpaired) electrons. The Morgan fingerprint density at radius 3 is 2.92 bits per heavy atom. The maximum atomic E-state index is 3.74. The van der Waals surface area contributed by atoms with Crippen molar-refractivity contribution in [3.63, 3.8) is 0 Å². The second-order valence-corrected chi connectivity index (χ2v) is 2.80. The van der Waals surface area contributed by atoms with Crippen LogP contribution in [-0.4, -0.2) is 4.57 Å². The van der Waals surface area contributed by atoms with Crippen molar-refractivity contribution in [2.24, 2.45) is 7.05 Å². The molecule has 12 heavy (non-hydrogen) atoms. The summed E-state index contributed by atoms with van der Waals surface area (Å²) in [7, 11) is 2.03. The maximum absolute atomic E-state index is 3.74. The molecule has 60 valence electrons. The van der Waals surface area contributed by atoms with Crippen LogP contribution >= 0.6 is 0 Å². The van der Waals surface area contributed by atoms with Gasteiger partial charge in [-0.15, -0.1) is 0 Å². The first-order valence-corrected chi connectivity index (χ1v) is 3.90. The van der Waals surface area contributed by atoms with Crippen molar-refractivity contribution in [2.75, 3.05) is 0 Å². The van der Waals surface area contributed by atoms with Gasteiger partial charge in [0.05, 0.1) is 13.2 Å². The van der Waals surface area contributed by atoms with E-state index in [0.29, 0.717) is 0 Å². The first kappa shape index (κ1) is 7.10. The number of aromatic nitrogens is 2. The van der Waals surface area contributed by atoms with Gasteiger partial charge in [-0.1, -0.05) is 18.7 Å². The number of para-hydroxylation sites is 2. The Morgan fingerprint density at radius 1 is 1.42 bits per heavy atom. The van der Waals surface area contributed by atoms with E-state index in [-0.39, 0.29) is 0 Å². The predicted octanol–water partition coefficient (Wildman–Crippen LogP) is 1.57. The summed E-state index contributed by atoms with van der Waals surface area (Å²) in [5.74, 6) is 0. The lowest BCUT2D eigenvalue weighted by molar-refractivity contribution is -0.645. The third kappa shape index (κ3) is 0.848. The van der Waals surface area contributed by atoms with E-state index in [1.807, 2.05) is 36.3 Å². The second-order valence-electron chi connectivity index (χ2n) is 2.80. The molecule has 0 fully saturated rings. The lowest BCUT2D eigenvalue weighted by atomic mass is 10.3. The molecule has 1 aromatic carbocycles. The molecular weight excluding hydrogens is 148 g/mol. The normalized spacial score (nSPS) is 10.4. The van der Waals surface area contributed by atoms with E-state index >= 15 is 0 Å². The lowest BCUT2D eigenvalue weighted by Gasteiger charge is -1.85. The molecule has 1 aromatic heterocycles. The van der Waals surface area contributed by atoms with Gasteiger partial charge >= 0.3 is 0 Å². The molecule has 0 saturated carbocycles. The predicted molar refractivity (Wildman–Crippen MR) is 49.5 cm³/mol. The standard InChI is InChI=1S/C10H11N2/c1-3-12-8-11(2)9-6-4-5-7-10(9)12/h3-8H,1H2,2H3/q+1. The third-order valence-electron chi connectivity index (χ3n) is 2.03. The highest BCUT2D eigenvalue weighted by Gasteiger charge is 2.08. The van der Waals surface area contributed by atoms with Gasteiger partial charge in [-0.05, 0) is 12.1 Å². The van der Waals surface area contributed by atoms with E-state index in [1.165, 1.54) is 11.0 Å². The molecule has 2 nitrogen and oxygen atoms in total. The molecule has 0 unspecified atom stereocenters.